The average Bonchev–Trinajstić information content (AvgIpc) is 3.35. The Morgan fingerprint density at radius 3 is 2.62 bits per heavy atom. The van der Waals surface area contributed by atoms with Gasteiger partial charge in [-0.1, -0.05) is 30.7 Å². The molecule has 4 rings (SSSR count). The van der Waals surface area contributed by atoms with Gasteiger partial charge in [0.25, 0.3) is 5.91 Å². The summed E-state index contributed by atoms with van der Waals surface area (Å²) < 4.78 is 23.6. The van der Waals surface area contributed by atoms with E-state index >= 15 is 0 Å². The number of anilines is 1. The molecule has 1 aromatic heterocycles. The molecule has 0 aliphatic carbocycles. The van der Waals surface area contributed by atoms with Gasteiger partial charge < -0.3 is 33.7 Å². The predicted octanol–water partition coefficient (Wildman–Crippen LogP) is 4.44. The molecule has 40 heavy (non-hydrogen) atoms. The van der Waals surface area contributed by atoms with E-state index < -0.39 is 24.3 Å². The molecule has 0 spiro atoms. The highest BCUT2D eigenvalue weighted by atomic mass is 35.5. The molecule has 214 valence electrons. The molecular formula is C29H33ClN2O8. The number of amides is 1. The van der Waals surface area contributed by atoms with Crippen molar-refractivity contribution < 1.29 is 38.4 Å². The van der Waals surface area contributed by atoms with Gasteiger partial charge >= 0.3 is 5.97 Å². The van der Waals surface area contributed by atoms with Crippen molar-refractivity contribution in [3.8, 4) is 11.5 Å². The molecule has 1 aliphatic heterocycles. The standard InChI is InChI=1S/C29H33ClN2O8/c1-16(17(2)33)15-32-22-10-8-18(30)12-21(22)27(20-6-5-7-23(37-3)28(20)38-4)40-24(29(32)36)13-25-31-14-19(39-25)9-11-26(34)35/h5-8,10,12,14,16-17,24,27,33H,9,11,13,15H2,1-4H3,(H,34,35)/t16?,17?,24-,27-/m1/s1. The van der Waals surface area contributed by atoms with Crippen molar-refractivity contribution in [2.45, 2.75) is 51.4 Å². The van der Waals surface area contributed by atoms with Gasteiger partial charge in [0, 0.05) is 34.8 Å². The number of carbonyl (C=O) groups is 2. The fraction of sp³-hybridized carbons (Fsp3) is 0.414. The summed E-state index contributed by atoms with van der Waals surface area (Å²) in [6.07, 6.45) is -0.969. The number of carbonyl (C=O) groups excluding carboxylic acids is 1. The van der Waals surface area contributed by atoms with Crippen molar-refractivity contribution in [1.29, 1.82) is 0 Å². The molecule has 2 heterocycles. The molecule has 10 nitrogen and oxygen atoms in total. The van der Waals surface area contributed by atoms with E-state index in [4.69, 9.17) is 35.3 Å². The molecule has 1 amide bonds. The number of methoxy groups -OCH3 is 2. The van der Waals surface area contributed by atoms with Gasteiger partial charge in [-0.25, -0.2) is 4.98 Å². The lowest BCUT2D eigenvalue weighted by atomic mass is 9.97. The number of nitrogens with zero attached hydrogens (tertiary/aromatic N) is 2. The number of rotatable bonds is 11. The van der Waals surface area contributed by atoms with Gasteiger partial charge in [0.2, 0.25) is 0 Å². The van der Waals surface area contributed by atoms with E-state index in [1.165, 1.54) is 20.4 Å². The van der Waals surface area contributed by atoms with Crippen molar-refractivity contribution in [3.05, 3.63) is 70.4 Å². The van der Waals surface area contributed by atoms with Crippen LogP contribution in [0.25, 0.3) is 0 Å². The van der Waals surface area contributed by atoms with Gasteiger partial charge in [0.1, 0.15) is 18.0 Å². The normalized spacial score (nSPS) is 18.6. The molecule has 0 radical (unpaired) electrons. The van der Waals surface area contributed by atoms with Gasteiger partial charge in [-0.05, 0) is 37.1 Å². The third kappa shape index (κ3) is 6.41. The van der Waals surface area contributed by atoms with Gasteiger partial charge in [0.15, 0.2) is 17.4 Å². The number of ether oxygens (including phenoxy) is 3. The minimum absolute atomic E-state index is 0.00400. The number of hydrogen-bond acceptors (Lipinski definition) is 8. The topological polar surface area (TPSA) is 132 Å². The number of aryl methyl sites for hydroxylation is 1. The summed E-state index contributed by atoms with van der Waals surface area (Å²) in [5.41, 5.74) is 1.86. The summed E-state index contributed by atoms with van der Waals surface area (Å²) in [5, 5.41) is 19.7. The van der Waals surface area contributed by atoms with Crippen LogP contribution in [0.3, 0.4) is 0 Å². The molecule has 4 atom stereocenters. The molecule has 2 aromatic carbocycles. The van der Waals surface area contributed by atoms with Crippen LogP contribution in [-0.2, 0) is 27.2 Å². The Hall–Kier alpha value is -3.60. The first-order valence-electron chi connectivity index (χ1n) is 12.9. The van der Waals surface area contributed by atoms with Crippen molar-refractivity contribution in [2.75, 3.05) is 25.7 Å². The second-order valence-corrected chi connectivity index (χ2v) is 10.2. The lowest BCUT2D eigenvalue weighted by Crippen LogP contribution is -2.44. The number of fused-ring (bicyclic) bond motifs is 1. The quantitative estimate of drug-likeness (QED) is 0.342. The fourth-order valence-electron chi connectivity index (χ4n) is 4.64. The average molecular weight is 573 g/mol. The largest absolute Gasteiger partial charge is 0.493 e. The first-order chi connectivity index (χ1) is 19.1. The Bertz CT molecular complexity index is 1360. The van der Waals surface area contributed by atoms with Crippen LogP contribution in [0.5, 0.6) is 11.5 Å². The predicted molar refractivity (Wildman–Crippen MR) is 147 cm³/mol. The van der Waals surface area contributed by atoms with Crippen LogP contribution in [0.1, 0.15) is 49.2 Å². The smallest absolute Gasteiger partial charge is 0.303 e. The van der Waals surface area contributed by atoms with Crippen LogP contribution >= 0.6 is 11.6 Å². The van der Waals surface area contributed by atoms with E-state index in [0.717, 1.165) is 0 Å². The first-order valence-corrected chi connectivity index (χ1v) is 13.3. The van der Waals surface area contributed by atoms with E-state index in [2.05, 4.69) is 4.98 Å². The van der Waals surface area contributed by atoms with Crippen LogP contribution in [0.4, 0.5) is 5.69 Å². The molecule has 1 aliphatic rings. The van der Waals surface area contributed by atoms with Crippen molar-refractivity contribution >= 4 is 29.2 Å². The number of aliphatic hydroxyl groups is 1. The van der Waals surface area contributed by atoms with E-state index in [1.54, 1.807) is 36.1 Å². The van der Waals surface area contributed by atoms with E-state index in [0.29, 0.717) is 39.1 Å². The van der Waals surface area contributed by atoms with Crippen LogP contribution in [-0.4, -0.2) is 60.0 Å². The zero-order chi connectivity index (χ0) is 29.0. The lowest BCUT2D eigenvalue weighted by molar-refractivity contribution is -0.137. The lowest BCUT2D eigenvalue weighted by Gasteiger charge is -2.28. The van der Waals surface area contributed by atoms with Gasteiger partial charge in [-0.2, -0.15) is 0 Å². The Morgan fingerprint density at radius 1 is 1.18 bits per heavy atom. The maximum atomic E-state index is 14.1. The fourth-order valence-corrected chi connectivity index (χ4v) is 4.82. The number of carboxylic acids is 1. The Morgan fingerprint density at radius 2 is 1.95 bits per heavy atom. The summed E-state index contributed by atoms with van der Waals surface area (Å²) in [6.45, 7) is 3.77. The minimum Gasteiger partial charge on any atom is -0.493 e. The molecule has 3 aromatic rings. The summed E-state index contributed by atoms with van der Waals surface area (Å²) >= 11 is 6.45. The molecule has 2 N–H and O–H groups in total. The maximum absolute atomic E-state index is 14.1. The van der Waals surface area contributed by atoms with Gasteiger partial charge in [0.05, 0.1) is 39.4 Å². The number of carboxylic acid groups (broad SMARTS) is 1. The highest BCUT2D eigenvalue weighted by Crippen LogP contribution is 2.45. The van der Waals surface area contributed by atoms with Crippen molar-refractivity contribution in [1.82, 2.24) is 4.98 Å². The number of benzene rings is 2. The summed E-state index contributed by atoms with van der Waals surface area (Å²) in [4.78, 5) is 31.0. The first kappa shape index (κ1) is 29.4. The monoisotopic (exact) mass is 572 g/mol. The van der Waals surface area contributed by atoms with Crippen LogP contribution < -0.4 is 14.4 Å². The number of hydrogen-bond donors (Lipinski definition) is 2. The van der Waals surface area contributed by atoms with Crippen molar-refractivity contribution in [3.63, 3.8) is 0 Å². The molecule has 0 bridgehead atoms. The second-order valence-electron chi connectivity index (χ2n) is 9.78. The maximum Gasteiger partial charge on any atom is 0.303 e. The second kappa shape index (κ2) is 12.7. The van der Waals surface area contributed by atoms with Gasteiger partial charge in [-0.15, -0.1) is 0 Å². The Kier molecular flexibility index (Phi) is 9.34. The van der Waals surface area contributed by atoms with E-state index in [-0.39, 0.29) is 43.5 Å². The highest BCUT2D eigenvalue weighted by molar-refractivity contribution is 6.30. The third-order valence-electron chi connectivity index (χ3n) is 6.96. The van der Waals surface area contributed by atoms with E-state index in [9.17, 15) is 14.7 Å². The van der Waals surface area contributed by atoms with Crippen LogP contribution in [0.15, 0.2) is 47.0 Å². The minimum atomic E-state index is -1.04. The summed E-state index contributed by atoms with van der Waals surface area (Å²) in [5.74, 6) is 0.0436. The van der Waals surface area contributed by atoms with Crippen molar-refractivity contribution in [2.24, 2.45) is 5.92 Å². The van der Waals surface area contributed by atoms with Crippen LogP contribution in [0, 0.1) is 5.92 Å². The molecule has 0 saturated heterocycles. The number of aliphatic carboxylic acids is 1. The number of aliphatic hydroxyl groups excluding tert-OH is 1. The Labute approximate surface area is 237 Å². The zero-order valence-electron chi connectivity index (χ0n) is 22.8. The Balaban J connectivity index is 1.82. The number of aromatic nitrogens is 1. The molecule has 2 unspecified atom stereocenters. The highest BCUT2D eigenvalue weighted by Gasteiger charge is 2.39. The number of halogens is 1. The van der Waals surface area contributed by atoms with E-state index in [1.807, 2.05) is 19.1 Å². The van der Waals surface area contributed by atoms with Gasteiger partial charge in [-0.3, -0.25) is 9.59 Å². The SMILES string of the molecule is COc1cccc([C@H]2O[C@H](Cc3ncc(CCC(=O)O)o3)C(=O)N(CC(C)C(C)O)c3ccc(Cl)cc32)c1OC. The molecule has 0 saturated carbocycles. The molecular weight excluding hydrogens is 540 g/mol. The molecule has 11 heteroatoms. The number of oxazole rings is 1. The zero-order valence-corrected chi connectivity index (χ0v) is 23.6. The van der Waals surface area contributed by atoms with Crippen LogP contribution in [0.2, 0.25) is 5.02 Å². The number of para-hydroxylation sites is 1. The third-order valence-corrected chi connectivity index (χ3v) is 7.20. The summed E-state index contributed by atoms with van der Waals surface area (Å²) in [6, 6.07) is 10.6. The molecule has 0 fully saturated rings. The summed E-state index contributed by atoms with van der Waals surface area (Å²) in [7, 11) is 3.07.